The second kappa shape index (κ2) is 5.76. The zero-order valence-electron chi connectivity index (χ0n) is 12.0. The molecule has 1 nitrogen and oxygen atoms in total. The van der Waals surface area contributed by atoms with Gasteiger partial charge in [0.1, 0.15) is 0 Å². The van der Waals surface area contributed by atoms with E-state index in [9.17, 15) is 13.2 Å². The minimum Gasteiger partial charge on any atom is -0.324 e. The molecule has 0 bridgehead atoms. The van der Waals surface area contributed by atoms with Crippen LogP contribution in [-0.4, -0.2) is 6.18 Å². The van der Waals surface area contributed by atoms with Crippen LogP contribution in [-0.2, 0) is 0 Å². The van der Waals surface area contributed by atoms with Gasteiger partial charge in [0.25, 0.3) is 0 Å². The van der Waals surface area contributed by atoms with E-state index >= 15 is 0 Å². The molecule has 0 spiro atoms. The van der Waals surface area contributed by atoms with E-state index in [2.05, 4.69) is 0 Å². The van der Waals surface area contributed by atoms with Crippen molar-refractivity contribution in [1.29, 1.82) is 0 Å². The van der Waals surface area contributed by atoms with Crippen LogP contribution in [0.25, 0.3) is 0 Å². The Morgan fingerprint density at radius 2 is 1.90 bits per heavy atom. The lowest BCUT2D eigenvalue weighted by atomic mass is 9.75. The zero-order chi connectivity index (χ0) is 14.9. The molecule has 2 rings (SSSR count). The first kappa shape index (κ1) is 15.4. The summed E-state index contributed by atoms with van der Waals surface area (Å²) >= 11 is 0. The Labute approximate surface area is 118 Å². The molecule has 0 aromatic heterocycles. The fourth-order valence-electron chi connectivity index (χ4n) is 3.22. The molecule has 4 heteroatoms. The predicted molar refractivity (Wildman–Crippen MR) is 74.3 cm³/mol. The third kappa shape index (κ3) is 3.35. The molecule has 0 amide bonds. The van der Waals surface area contributed by atoms with Crippen LogP contribution in [0.1, 0.15) is 48.4 Å². The quantitative estimate of drug-likeness (QED) is 0.839. The van der Waals surface area contributed by atoms with Crippen LogP contribution in [0.15, 0.2) is 18.2 Å². The molecular weight excluding hydrogens is 263 g/mol. The van der Waals surface area contributed by atoms with Crippen molar-refractivity contribution in [1.82, 2.24) is 0 Å². The van der Waals surface area contributed by atoms with Crippen LogP contribution in [0.2, 0.25) is 0 Å². The van der Waals surface area contributed by atoms with Crippen LogP contribution < -0.4 is 5.73 Å². The summed E-state index contributed by atoms with van der Waals surface area (Å²) in [6.45, 7) is 3.95. The van der Waals surface area contributed by atoms with E-state index in [0.29, 0.717) is 6.42 Å². The Morgan fingerprint density at radius 1 is 1.20 bits per heavy atom. The van der Waals surface area contributed by atoms with Crippen molar-refractivity contribution < 1.29 is 13.2 Å². The summed E-state index contributed by atoms with van der Waals surface area (Å²) in [4.78, 5) is 0. The second-order valence-electron chi connectivity index (χ2n) is 6.05. The molecule has 1 aromatic rings. The Morgan fingerprint density at radius 3 is 2.55 bits per heavy atom. The average Bonchev–Trinajstić information content (AvgIpc) is 2.40. The lowest BCUT2D eigenvalue weighted by Crippen LogP contribution is -2.33. The molecule has 0 aliphatic heterocycles. The number of aryl methyl sites for hydroxylation is 2. The van der Waals surface area contributed by atoms with Crippen molar-refractivity contribution >= 4 is 0 Å². The lowest BCUT2D eigenvalue weighted by molar-refractivity contribution is -0.186. The Kier molecular flexibility index (Phi) is 4.43. The van der Waals surface area contributed by atoms with Crippen LogP contribution in [0.3, 0.4) is 0 Å². The van der Waals surface area contributed by atoms with Gasteiger partial charge in [0.15, 0.2) is 0 Å². The first-order valence-corrected chi connectivity index (χ1v) is 7.18. The Bertz CT molecular complexity index is 467. The van der Waals surface area contributed by atoms with Gasteiger partial charge in [-0.1, -0.05) is 30.2 Å². The first-order valence-electron chi connectivity index (χ1n) is 7.18. The number of hydrogen-bond donors (Lipinski definition) is 1. The SMILES string of the molecule is Cc1ccc(C)c(C(N)C2CCCC(C(F)(F)F)C2)c1. The van der Waals surface area contributed by atoms with E-state index < -0.39 is 12.1 Å². The van der Waals surface area contributed by atoms with E-state index in [-0.39, 0.29) is 24.8 Å². The number of benzene rings is 1. The van der Waals surface area contributed by atoms with Gasteiger partial charge in [-0.05, 0) is 50.2 Å². The molecule has 1 aliphatic rings. The van der Waals surface area contributed by atoms with Crippen LogP contribution >= 0.6 is 0 Å². The van der Waals surface area contributed by atoms with Crippen molar-refractivity contribution in [3.8, 4) is 0 Å². The van der Waals surface area contributed by atoms with Gasteiger partial charge in [0, 0.05) is 6.04 Å². The number of halogens is 3. The van der Waals surface area contributed by atoms with Crippen molar-refractivity contribution in [3.05, 3.63) is 34.9 Å². The summed E-state index contributed by atoms with van der Waals surface area (Å²) in [5, 5.41) is 0. The van der Waals surface area contributed by atoms with Crippen molar-refractivity contribution in [3.63, 3.8) is 0 Å². The average molecular weight is 285 g/mol. The second-order valence-corrected chi connectivity index (χ2v) is 6.05. The van der Waals surface area contributed by atoms with E-state index in [1.807, 2.05) is 32.0 Å². The van der Waals surface area contributed by atoms with E-state index in [4.69, 9.17) is 5.73 Å². The van der Waals surface area contributed by atoms with Gasteiger partial charge in [-0.25, -0.2) is 0 Å². The first-order chi connectivity index (χ1) is 9.29. The smallest absolute Gasteiger partial charge is 0.324 e. The van der Waals surface area contributed by atoms with Gasteiger partial charge >= 0.3 is 6.18 Å². The summed E-state index contributed by atoms with van der Waals surface area (Å²) in [7, 11) is 0. The monoisotopic (exact) mass is 285 g/mol. The largest absolute Gasteiger partial charge is 0.391 e. The van der Waals surface area contributed by atoms with Gasteiger partial charge in [-0.2, -0.15) is 13.2 Å². The molecule has 112 valence electrons. The Hall–Kier alpha value is -1.03. The zero-order valence-corrected chi connectivity index (χ0v) is 12.0. The fraction of sp³-hybridized carbons (Fsp3) is 0.625. The number of nitrogens with two attached hydrogens (primary N) is 1. The Balaban J connectivity index is 2.16. The minimum atomic E-state index is -4.08. The highest BCUT2D eigenvalue weighted by Crippen LogP contribution is 2.43. The molecule has 2 N–H and O–H groups in total. The third-order valence-corrected chi connectivity index (χ3v) is 4.48. The lowest BCUT2D eigenvalue weighted by Gasteiger charge is -2.34. The van der Waals surface area contributed by atoms with Crippen molar-refractivity contribution in [2.45, 2.75) is 51.7 Å². The number of alkyl halides is 3. The molecule has 0 heterocycles. The molecule has 20 heavy (non-hydrogen) atoms. The van der Waals surface area contributed by atoms with E-state index in [1.165, 1.54) is 0 Å². The highest BCUT2D eigenvalue weighted by Gasteiger charge is 2.43. The maximum atomic E-state index is 12.9. The summed E-state index contributed by atoms with van der Waals surface area (Å²) in [6.07, 6.45) is -2.26. The molecule has 1 fully saturated rings. The van der Waals surface area contributed by atoms with Crippen molar-refractivity contribution in [2.75, 3.05) is 0 Å². The molecule has 0 saturated heterocycles. The van der Waals surface area contributed by atoms with Gasteiger partial charge in [0.2, 0.25) is 0 Å². The topological polar surface area (TPSA) is 26.0 Å². The predicted octanol–water partition coefficient (Wildman–Crippen LogP) is 4.67. The standard InChI is InChI=1S/C16H22F3N/c1-10-6-7-11(2)14(8-10)15(20)12-4-3-5-13(9-12)16(17,18)19/h6-8,12-13,15H,3-5,9,20H2,1-2H3. The molecule has 1 aromatic carbocycles. The summed E-state index contributed by atoms with van der Waals surface area (Å²) in [6, 6.07) is 5.72. The van der Waals surface area contributed by atoms with Gasteiger partial charge in [-0.3, -0.25) is 0 Å². The maximum absolute atomic E-state index is 12.9. The summed E-state index contributed by atoms with van der Waals surface area (Å²) in [5.74, 6) is -1.26. The minimum absolute atomic E-state index is 0.0733. The number of hydrogen-bond acceptors (Lipinski definition) is 1. The number of rotatable bonds is 2. The van der Waals surface area contributed by atoms with Gasteiger partial charge in [0.05, 0.1) is 5.92 Å². The molecule has 3 atom stereocenters. The summed E-state index contributed by atoms with van der Waals surface area (Å²) in [5.41, 5.74) is 9.44. The van der Waals surface area contributed by atoms with Crippen molar-refractivity contribution in [2.24, 2.45) is 17.6 Å². The molecule has 1 aliphatic carbocycles. The molecule has 3 unspecified atom stereocenters. The fourth-order valence-corrected chi connectivity index (χ4v) is 3.22. The highest BCUT2D eigenvalue weighted by atomic mass is 19.4. The molecule has 0 radical (unpaired) electrons. The van der Waals surface area contributed by atoms with Crippen LogP contribution in [0.4, 0.5) is 13.2 Å². The van der Waals surface area contributed by atoms with E-state index in [0.717, 1.165) is 23.1 Å². The van der Waals surface area contributed by atoms with Gasteiger partial charge < -0.3 is 5.73 Å². The van der Waals surface area contributed by atoms with Crippen LogP contribution in [0, 0.1) is 25.7 Å². The van der Waals surface area contributed by atoms with Gasteiger partial charge in [-0.15, -0.1) is 0 Å². The molecular formula is C16H22F3N. The molecule has 1 saturated carbocycles. The highest BCUT2D eigenvalue weighted by molar-refractivity contribution is 5.33. The van der Waals surface area contributed by atoms with E-state index in [1.54, 1.807) is 0 Å². The summed E-state index contributed by atoms with van der Waals surface area (Å²) < 4.78 is 38.6. The third-order valence-electron chi connectivity index (χ3n) is 4.48. The van der Waals surface area contributed by atoms with Crippen LogP contribution in [0.5, 0.6) is 0 Å². The maximum Gasteiger partial charge on any atom is 0.391 e. The normalized spacial score (nSPS) is 25.5.